The maximum atomic E-state index is 5.57. The first-order chi connectivity index (χ1) is 8.19. The highest BCUT2D eigenvalue weighted by Gasteiger charge is 2.13. The SMILES string of the molecule is Cc1ccc(C(CCc2cnn(C)c2)NN)o1. The van der Waals surface area contributed by atoms with Crippen molar-refractivity contribution >= 4 is 0 Å². The molecule has 0 aliphatic heterocycles. The third-order valence-corrected chi connectivity index (χ3v) is 2.79. The Kier molecular flexibility index (Phi) is 3.61. The van der Waals surface area contributed by atoms with E-state index in [1.165, 1.54) is 5.56 Å². The summed E-state index contributed by atoms with van der Waals surface area (Å²) in [6, 6.07) is 3.95. The fourth-order valence-electron chi connectivity index (χ4n) is 1.86. The molecule has 3 N–H and O–H groups in total. The Morgan fingerprint density at radius 2 is 2.35 bits per heavy atom. The predicted molar refractivity (Wildman–Crippen MR) is 65.0 cm³/mol. The molecule has 0 amide bonds. The summed E-state index contributed by atoms with van der Waals surface area (Å²) < 4.78 is 7.37. The summed E-state index contributed by atoms with van der Waals surface area (Å²) in [5.41, 5.74) is 3.99. The van der Waals surface area contributed by atoms with Crippen LogP contribution in [0.2, 0.25) is 0 Å². The van der Waals surface area contributed by atoms with Gasteiger partial charge in [0.25, 0.3) is 0 Å². The lowest BCUT2D eigenvalue weighted by Gasteiger charge is -2.12. The van der Waals surface area contributed by atoms with Gasteiger partial charge in [-0.2, -0.15) is 5.10 Å². The van der Waals surface area contributed by atoms with E-state index in [0.29, 0.717) is 0 Å². The van der Waals surface area contributed by atoms with Crippen LogP contribution in [0.5, 0.6) is 0 Å². The summed E-state index contributed by atoms with van der Waals surface area (Å²) in [6.07, 6.45) is 5.69. The number of nitrogens with zero attached hydrogens (tertiary/aromatic N) is 2. The molecule has 0 spiro atoms. The zero-order chi connectivity index (χ0) is 12.3. The van der Waals surface area contributed by atoms with Crippen LogP contribution in [-0.2, 0) is 13.5 Å². The molecule has 0 saturated carbocycles. The van der Waals surface area contributed by atoms with E-state index in [9.17, 15) is 0 Å². The zero-order valence-corrected chi connectivity index (χ0v) is 10.2. The molecule has 2 heterocycles. The third-order valence-electron chi connectivity index (χ3n) is 2.79. The molecule has 0 aliphatic rings. The van der Waals surface area contributed by atoms with Crippen molar-refractivity contribution in [2.45, 2.75) is 25.8 Å². The van der Waals surface area contributed by atoms with Crippen molar-refractivity contribution in [3.05, 3.63) is 41.6 Å². The van der Waals surface area contributed by atoms with Gasteiger partial charge in [0.15, 0.2) is 0 Å². The van der Waals surface area contributed by atoms with Gasteiger partial charge < -0.3 is 4.42 Å². The number of furan rings is 1. The van der Waals surface area contributed by atoms with Gasteiger partial charge in [0.05, 0.1) is 12.2 Å². The molecule has 0 fully saturated rings. The number of nitrogens with two attached hydrogens (primary N) is 1. The quantitative estimate of drug-likeness (QED) is 0.607. The van der Waals surface area contributed by atoms with E-state index >= 15 is 0 Å². The van der Waals surface area contributed by atoms with Crippen LogP contribution in [0.15, 0.2) is 28.9 Å². The number of rotatable bonds is 5. The van der Waals surface area contributed by atoms with Gasteiger partial charge in [0.1, 0.15) is 11.5 Å². The van der Waals surface area contributed by atoms with Crippen LogP contribution in [0.4, 0.5) is 0 Å². The Morgan fingerprint density at radius 3 is 2.88 bits per heavy atom. The monoisotopic (exact) mass is 234 g/mol. The Hall–Kier alpha value is -1.59. The van der Waals surface area contributed by atoms with E-state index in [-0.39, 0.29) is 6.04 Å². The van der Waals surface area contributed by atoms with Crippen molar-refractivity contribution in [2.75, 3.05) is 0 Å². The van der Waals surface area contributed by atoms with E-state index in [4.69, 9.17) is 10.3 Å². The van der Waals surface area contributed by atoms with Crippen LogP contribution in [0.25, 0.3) is 0 Å². The Balaban J connectivity index is 1.96. The molecule has 17 heavy (non-hydrogen) atoms. The molecule has 0 aliphatic carbocycles. The van der Waals surface area contributed by atoms with Crippen molar-refractivity contribution in [3.63, 3.8) is 0 Å². The number of hydrogen-bond donors (Lipinski definition) is 2. The Morgan fingerprint density at radius 1 is 1.53 bits per heavy atom. The average Bonchev–Trinajstić information content (AvgIpc) is 2.89. The zero-order valence-electron chi connectivity index (χ0n) is 10.2. The molecule has 2 rings (SSSR count). The van der Waals surface area contributed by atoms with Crippen LogP contribution in [0, 0.1) is 6.92 Å². The van der Waals surface area contributed by atoms with E-state index in [2.05, 4.69) is 10.5 Å². The lowest BCUT2D eigenvalue weighted by Crippen LogP contribution is -2.28. The first-order valence-corrected chi connectivity index (χ1v) is 5.69. The minimum atomic E-state index is 0.0453. The summed E-state index contributed by atoms with van der Waals surface area (Å²) in [6.45, 7) is 1.93. The molecule has 2 aromatic heterocycles. The fourth-order valence-corrected chi connectivity index (χ4v) is 1.86. The number of aryl methyl sites for hydroxylation is 3. The predicted octanol–water partition coefficient (Wildman–Crippen LogP) is 1.46. The van der Waals surface area contributed by atoms with Gasteiger partial charge in [-0.3, -0.25) is 10.5 Å². The largest absolute Gasteiger partial charge is 0.465 e. The molecular weight excluding hydrogens is 216 g/mol. The van der Waals surface area contributed by atoms with E-state index in [0.717, 1.165) is 24.4 Å². The first kappa shape index (κ1) is 11.9. The minimum absolute atomic E-state index is 0.0453. The van der Waals surface area contributed by atoms with Crippen molar-refractivity contribution in [3.8, 4) is 0 Å². The maximum Gasteiger partial charge on any atom is 0.122 e. The molecule has 1 atom stereocenters. The second kappa shape index (κ2) is 5.16. The summed E-state index contributed by atoms with van der Waals surface area (Å²) in [4.78, 5) is 0. The van der Waals surface area contributed by atoms with E-state index in [1.54, 1.807) is 4.68 Å². The number of hydrazine groups is 1. The molecule has 0 aromatic carbocycles. The first-order valence-electron chi connectivity index (χ1n) is 5.69. The molecule has 0 radical (unpaired) electrons. The van der Waals surface area contributed by atoms with Crippen LogP contribution >= 0.6 is 0 Å². The lowest BCUT2D eigenvalue weighted by atomic mass is 10.1. The average molecular weight is 234 g/mol. The summed E-state index contributed by atoms with van der Waals surface area (Å²) in [7, 11) is 1.91. The third kappa shape index (κ3) is 2.95. The van der Waals surface area contributed by atoms with E-state index in [1.807, 2.05) is 38.5 Å². The summed E-state index contributed by atoms with van der Waals surface area (Å²) in [5.74, 6) is 7.34. The highest BCUT2D eigenvalue weighted by Crippen LogP contribution is 2.20. The van der Waals surface area contributed by atoms with Crippen molar-refractivity contribution in [1.29, 1.82) is 0 Å². The maximum absolute atomic E-state index is 5.57. The molecule has 92 valence electrons. The van der Waals surface area contributed by atoms with Gasteiger partial charge in [-0.1, -0.05) is 0 Å². The normalized spacial score (nSPS) is 12.9. The second-order valence-electron chi connectivity index (χ2n) is 4.23. The van der Waals surface area contributed by atoms with Gasteiger partial charge in [-0.05, 0) is 37.5 Å². The van der Waals surface area contributed by atoms with Crippen molar-refractivity contribution in [1.82, 2.24) is 15.2 Å². The second-order valence-corrected chi connectivity index (χ2v) is 4.23. The van der Waals surface area contributed by atoms with Crippen LogP contribution in [0.3, 0.4) is 0 Å². The van der Waals surface area contributed by atoms with Gasteiger partial charge in [-0.15, -0.1) is 0 Å². The Labute approximate surface area is 101 Å². The van der Waals surface area contributed by atoms with E-state index < -0.39 is 0 Å². The molecule has 5 heteroatoms. The fraction of sp³-hybridized carbons (Fsp3) is 0.417. The molecule has 1 unspecified atom stereocenters. The van der Waals surface area contributed by atoms with Crippen LogP contribution < -0.4 is 11.3 Å². The molecule has 5 nitrogen and oxygen atoms in total. The molecule has 0 saturated heterocycles. The summed E-state index contributed by atoms with van der Waals surface area (Å²) >= 11 is 0. The highest BCUT2D eigenvalue weighted by atomic mass is 16.3. The van der Waals surface area contributed by atoms with Crippen LogP contribution in [-0.4, -0.2) is 9.78 Å². The van der Waals surface area contributed by atoms with Crippen LogP contribution in [0.1, 0.15) is 29.5 Å². The van der Waals surface area contributed by atoms with Gasteiger partial charge in [0.2, 0.25) is 0 Å². The van der Waals surface area contributed by atoms with Crippen molar-refractivity contribution < 1.29 is 4.42 Å². The van der Waals surface area contributed by atoms with Gasteiger partial charge in [0, 0.05) is 13.2 Å². The molecule has 0 bridgehead atoms. The smallest absolute Gasteiger partial charge is 0.122 e. The Bertz CT molecular complexity index is 474. The highest BCUT2D eigenvalue weighted by molar-refractivity contribution is 5.11. The summed E-state index contributed by atoms with van der Waals surface area (Å²) in [5, 5.41) is 4.14. The number of hydrogen-bond acceptors (Lipinski definition) is 4. The molecule has 2 aromatic rings. The lowest BCUT2D eigenvalue weighted by molar-refractivity contribution is 0.390. The van der Waals surface area contributed by atoms with Gasteiger partial charge >= 0.3 is 0 Å². The number of aromatic nitrogens is 2. The topological polar surface area (TPSA) is 69.0 Å². The van der Waals surface area contributed by atoms with Crippen molar-refractivity contribution in [2.24, 2.45) is 12.9 Å². The number of nitrogens with one attached hydrogen (secondary N) is 1. The van der Waals surface area contributed by atoms with Gasteiger partial charge in [-0.25, -0.2) is 5.43 Å². The minimum Gasteiger partial charge on any atom is -0.465 e. The molecular formula is C12H18N4O. The standard InChI is InChI=1S/C12H18N4O/c1-9-3-6-12(17-9)11(15-13)5-4-10-7-14-16(2)8-10/h3,6-8,11,15H,4-5,13H2,1-2H3.